The first-order chi connectivity index (χ1) is 9.70. The third-order valence-corrected chi connectivity index (χ3v) is 4.44. The molecule has 0 bridgehead atoms. The molecule has 2 nitrogen and oxygen atoms in total. The van der Waals surface area contributed by atoms with Crippen LogP contribution in [0.3, 0.4) is 0 Å². The van der Waals surface area contributed by atoms with Gasteiger partial charge in [-0.15, -0.1) is 0 Å². The Kier molecular flexibility index (Phi) is 5.78. The predicted octanol–water partition coefficient (Wildman–Crippen LogP) is 4.02. The fourth-order valence-corrected chi connectivity index (χ4v) is 3.22. The molecule has 2 rings (SSSR count). The molecule has 20 heavy (non-hydrogen) atoms. The molecule has 0 aliphatic carbocycles. The summed E-state index contributed by atoms with van der Waals surface area (Å²) in [5.41, 5.74) is 0.848. The van der Waals surface area contributed by atoms with Crippen molar-refractivity contribution in [2.24, 2.45) is 11.8 Å². The number of piperidine rings is 1. The van der Waals surface area contributed by atoms with Crippen LogP contribution >= 0.6 is 0 Å². The quantitative estimate of drug-likeness (QED) is 0.730. The van der Waals surface area contributed by atoms with Gasteiger partial charge in [0.25, 0.3) is 0 Å². The molecular formula is C18H27NO. The summed E-state index contributed by atoms with van der Waals surface area (Å²) in [6, 6.07) is 9.69. The second-order valence-electron chi connectivity index (χ2n) is 6.16. The molecule has 0 aromatic heterocycles. The highest BCUT2D eigenvalue weighted by atomic mass is 16.1. The van der Waals surface area contributed by atoms with Crippen molar-refractivity contribution in [3.05, 3.63) is 35.9 Å². The van der Waals surface area contributed by atoms with Crippen molar-refractivity contribution in [1.82, 2.24) is 4.90 Å². The van der Waals surface area contributed by atoms with Gasteiger partial charge in [0, 0.05) is 18.0 Å². The Morgan fingerprint density at radius 2 is 1.90 bits per heavy atom. The summed E-state index contributed by atoms with van der Waals surface area (Å²) in [6.45, 7) is 7.57. The van der Waals surface area contributed by atoms with Crippen molar-refractivity contribution in [1.29, 1.82) is 0 Å². The zero-order valence-corrected chi connectivity index (χ0v) is 12.8. The summed E-state index contributed by atoms with van der Waals surface area (Å²) < 4.78 is 0. The minimum absolute atomic E-state index is 0.0973. The second-order valence-corrected chi connectivity index (χ2v) is 6.16. The molecule has 0 amide bonds. The van der Waals surface area contributed by atoms with Crippen LogP contribution in [-0.2, 0) is 0 Å². The van der Waals surface area contributed by atoms with Crippen molar-refractivity contribution in [2.45, 2.75) is 39.5 Å². The summed E-state index contributed by atoms with van der Waals surface area (Å²) in [5.74, 6) is 1.29. The lowest BCUT2D eigenvalue weighted by Crippen LogP contribution is -2.38. The van der Waals surface area contributed by atoms with Gasteiger partial charge in [0.2, 0.25) is 0 Å². The molecule has 0 saturated carbocycles. The smallest absolute Gasteiger partial charge is 0.166 e. The highest BCUT2D eigenvalue weighted by molar-refractivity contribution is 5.97. The first-order valence-corrected chi connectivity index (χ1v) is 8.02. The summed E-state index contributed by atoms with van der Waals surface area (Å²) in [7, 11) is 0. The SMILES string of the molecule is CCCC1CCN(CC(C)C(=O)c2ccccc2)CC1. The average Bonchev–Trinajstić information content (AvgIpc) is 2.49. The minimum Gasteiger partial charge on any atom is -0.303 e. The molecular weight excluding hydrogens is 246 g/mol. The van der Waals surface area contributed by atoms with Crippen molar-refractivity contribution in [3.63, 3.8) is 0 Å². The van der Waals surface area contributed by atoms with E-state index in [1.165, 1.54) is 25.7 Å². The molecule has 1 heterocycles. The van der Waals surface area contributed by atoms with Crippen molar-refractivity contribution in [2.75, 3.05) is 19.6 Å². The Morgan fingerprint density at radius 3 is 2.50 bits per heavy atom. The fraction of sp³-hybridized carbons (Fsp3) is 0.611. The normalized spacial score (nSPS) is 18.9. The number of likely N-dealkylation sites (tertiary alicyclic amines) is 1. The highest BCUT2D eigenvalue weighted by Gasteiger charge is 2.22. The number of carbonyl (C=O) groups excluding carboxylic acids is 1. The average molecular weight is 273 g/mol. The van der Waals surface area contributed by atoms with Crippen LogP contribution in [0.25, 0.3) is 0 Å². The number of carbonyl (C=O) groups is 1. The number of nitrogens with zero attached hydrogens (tertiary/aromatic N) is 1. The zero-order valence-electron chi connectivity index (χ0n) is 12.8. The maximum absolute atomic E-state index is 12.4. The third kappa shape index (κ3) is 4.17. The summed E-state index contributed by atoms with van der Waals surface area (Å²) in [4.78, 5) is 14.8. The van der Waals surface area contributed by atoms with Gasteiger partial charge in [-0.05, 0) is 31.8 Å². The Hall–Kier alpha value is -1.15. The van der Waals surface area contributed by atoms with E-state index >= 15 is 0 Å². The summed E-state index contributed by atoms with van der Waals surface area (Å²) in [6.07, 6.45) is 5.28. The van der Waals surface area contributed by atoms with Gasteiger partial charge in [-0.25, -0.2) is 0 Å². The van der Waals surface area contributed by atoms with Crippen LogP contribution < -0.4 is 0 Å². The highest BCUT2D eigenvalue weighted by Crippen LogP contribution is 2.22. The van der Waals surface area contributed by atoms with E-state index in [9.17, 15) is 4.79 Å². The van der Waals surface area contributed by atoms with Crippen LogP contribution in [0.4, 0.5) is 0 Å². The van der Waals surface area contributed by atoms with E-state index in [0.29, 0.717) is 0 Å². The van der Waals surface area contributed by atoms with Crippen molar-refractivity contribution >= 4 is 5.78 Å². The van der Waals surface area contributed by atoms with Gasteiger partial charge in [-0.2, -0.15) is 0 Å². The molecule has 0 spiro atoms. The molecule has 0 radical (unpaired) electrons. The molecule has 110 valence electrons. The molecule has 1 saturated heterocycles. The van der Waals surface area contributed by atoms with Crippen LogP contribution in [0.1, 0.15) is 49.9 Å². The Bertz CT molecular complexity index is 407. The Morgan fingerprint density at radius 1 is 1.25 bits per heavy atom. The Labute approximate surface area is 123 Å². The van der Waals surface area contributed by atoms with Gasteiger partial charge >= 0.3 is 0 Å². The van der Waals surface area contributed by atoms with Gasteiger partial charge in [-0.3, -0.25) is 4.79 Å². The van der Waals surface area contributed by atoms with Crippen LogP contribution in [0.2, 0.25) is 0 Å². The second kappa shape index (κ2) is 7.58. The van der Waals surface area contributed by atoms with E-state index in [0.717, 1.165) is 31.1 Å². The number of ketones is 1. The minimum atomic E-state index is 0.0973. The number of hydrogen-bond acceptors (Lipinski definition) is 2. The molecule has 1 fully saturated rings. The zero-order chi connectivity index (χ0) is 14.4. The van der Waals surface area contributed by atoms with Gasteiger partial charge in [0.1, 0.15) is 0 Å². The van der Waals surface area contributed by atoms with Gasteiger partial charge in [0.15, 0.2) is 5.78 Å². The van der Waals surface area contributed by atoms with E-state index < -0.39 is 0 Å². The first-order valence-electron chi connectivity index (χ1n) is 8.02. The van der Waals surface area contributed by atoms with Gasteiger partial charge in [-0.1, -0.05) is 57.0 Å². The molecule has 1 aliphatic rings. The number of benzene rings is 1. The van der Waals surface area contributed by atoms with E-state index in [1.807, 2.05) is 30.3 Å². The van der Waals surface area contributed by atoms with E-state index in [2.05, 4.69) is 18.7 Å². The molecule has 1 aromatic rings. The Balaban J connectivity index is 1.81. The van der Waals surface area contributed by atoms with Crippen molar-refractivity contribution < 1.29 is 4.79 Å². The lowest BCUT2D eigenvalue weighted by atomic mass is 9.91. The molecule has 1 aliphatic heterocycles. The van der Waals surface area contributed by atoms with Crippen LogP contribution in [0, 0.1) is 11.8 Å². The standard InChI is InChI=1S/C18H27NO/c1-3-7-16-10-12-19(13-11-16)14-15(2)18(20)17-8-5-4-6-9-17/h4-6,8-9,15-16H,3,7,10-14H2,1-2H3. The summed E-state index contributed by atoms with van der Waals surface area (Å²) >= 11 is 0. The molecule has 1 unspecified atom stereocenters. The van der Waals surface area contributed by atoms with E-state index in [4.69, 9.17) is 0 Å². The van der Waals surface area contributed by atoms with Crippen molar-refractivity contribution in [3.8, 4) is 0 Å². The maximum Gasteiger partial charge on any atom is 0.166 e. The fourth-order valence-electron chi connectivity index (χ4n) is 3.22. The van der Waals surface area contributed by atoms with Crippen LogP contribution in [0.5, 0.6) is 0 Å². The monoisotopic (exact) mass is 273 g/mol. The van der Waals surface area contributed by atoms with E-state index in [1.54, 1.807) is 0 Å². The number of rotatable bonds is 6. The maximum atomic E-state index is 12.4. The lowest BCUT2D eigenvalue weighted by Gasteiger charge is -2.33. The lowest BCUT2D eigenvalue weighted by molar-refractivity contribution is 0.0867. The number of Topliss-reactive ketones (excluding diaryl/α,β-unsaturated/α-hetero) is 1. The van der Waals surface area contributed by atoms with Crippen LogP contribution in [-0.4, -0.2) is 30.3 Å². The summed E-state index contributed by atoms with van der Waals surface area (Å²) in [5, 5.41) is 0. The largest absolute Gasteiger partial charge is 0.303 e. The molecule has 1 atom stereocenters. The molecule has 1 aromatic carbocycles. The number of hydrogen-bond donors (Lipinski definition) is 0. The molecule has 2 heteroatoms. The third-order valence-electron chi connectivity index (χ3n) is 4.44. The van der Waals surface area contributed by atoms with Gasteiger partial charge < -0.3 is 4.90 Å². The first kappa shape index (κ1) is 15.2. The van der Waals surface area contributed by atoms with Crippen LogP contribution in [0.15, 0.2) is 30.3 Å². The topological polar surface area (TPSA) is 20.3 Å². The molecule has 0 N–H and O–H groups in total. The van der Waals surface area contributed by atoms with E-state index in [-0.39, 0.29) is 11.7 Å². The van der Waals surface area contributed by atoms with Gasteiger partial charge in [0.05, 0.1) is 0 Å². The predicted molar refractivity (Wildman–Crippen MR) is 84.0 cm³/mol.